The summed E-state index contributed by atoms with van der Waals surface area (Å²) in [6, 6.07) is -0.852. The number of hydrogen-bond donors (Lipinski definition) is 2. The summed E-state index contributed by atoms with van der Waals surface area (Å²) < 4.78 is 32.6. The number of carbonyl (C=O) groups excluding carboxylic acids is 1. The normalized spacial score (nSPS) is 19.8. The van der Waals surface area contributed by atoms with E-state index in [2.05, 4.69) is 14.8 Å². The first-order valence-corrected chi connectivity index (χ1v) is 7.38. The van der Waals surface area contributed by atoms with Gasteiger partial charge in [-0.25, -0.2) is 0 Å². The summed E-state index contributed by atoms with van der Waals surface area (Å²) >= 11 is 0. The molecule has 1 aliphatic rings. The van der Waals surface area contributed by atoms with Crippen molar-refractivity contribution >= 4 is 16.2 Å². The quantitative estimate of drug-likeness (QED) is 0.625. The van der Waals surface area contributed by atoms with Gasteiger partial charge in [-0.05, 0) is 5.92 Å². The molecule has 1 atom stereocenters. The summed E-state index contributed by atoms with van der Waals surface area (Å²) in [6.45, 7) is 5.57. The molecule has 0 bridgehead atoms. The van der Waals surface area contributed by atoms with Crippen LogP contribution < -0.4 is 10.0 Å². The standard InChI is InChI=1S/C10H21N3O4S/c1-8(2)9(10(14)17-3)12-18(15,16)13-6-4-11-5-7-13/h8-9,11-12H,4-7H2,1-3H3/t9-/m0/s1. The van der Waals surface area contributed by atoms with Crippen LogP contribution in [0.1, 0.15) is 13.8 Å². The Morgan fingerprint density at radius 3 is 2.33 bits per heavy atom. The minimum absolute atomic E-state index is 0.171. The molecule has 0 spiro atoms. The van der Waals surface area contributed by atoms with Gasteiger partial charge in [0.05, 0.1) is 7.11 Å². The van der Waals surface area contributed by atoms with Gasteiger partial charge in [0.1, 0.15) is 6.04 Å². The maximum Gasteiger partial charge on any atom is 0.324 e. The number of piperazine rings is 1. The van der Waals surface area contributed by atoms with E-state index in [0.29, 0.717) is 26.2 Å². The molecule has 1 fully saturated rings. The molecule has 0 unspecified atom stereocenters. The molecule has 0 radical (unpaired) electrons. The first-order chi connectivity index (χ1) is 8.38. The molecule has 1 heterocycles. The zero-order valence-electron chi connectivity index (χ0n) is 11.0. The van der Waals surface area contributed by atoms with Crippen LogP contribution in [0.15, 0.2) is 0 Å². The van der Waals surface area contributed by atoms with E-state index in [1.165, 1.54) is 11.4 Å². The number of esters is 1. The zero-order valence-corrected chi connectivity index (χ0v) is 11.8. The van der Waals surface area contributed by atoms with Crippen LogP contribution in [0.4, 0.5) is 0 Å². The fourth-order valence-electron chi connectivity index (χ4n) is 1.70. The molecule has 7 nitrogen and oxygen atoms in total. The van der Waals surface area contributed by atoms with E-state index in [4.69, 9.17) is 0 Å². The highest BCUT2D eigenvalue weighted by Crippen LogP contribution is 2.08. The molecule has 0 saturated carbocycles. The third kappa shape index (κ3) is 3.91. The predicted molar refractivity (Wildman–Crippen MR) is 67.1 cm³/mol. The van der Waals surface area contributed by atoms with Crippen molar-refractivity contribution in [1.82, 2.24) is 14.3 Å². The van der Waals surface area contributed by atoms with Crippen LogP contribution in [0.2, 0.25) is 0 Å². The van der Waals surface area contributed by atoms with Crippen molar-refractivity contribution in [2.24, 2.45) is 5.92 Å². The molecular formula is C10H21N3O4S. The average molecular weight is 279 g/mol. The molecular weight excluding hydrogens is 258 g/mol. The summed E-state index contributed by atoms with van der Waals surface area (Å²) in [7, 11) is -2.39. The molecule has 106 valence electrons. The van der Waals surface area contributed by atoms with Gasteiger partial charge in [0.25, 0.3) is 10.2 Å². The molecule has 1 rings (SSSR count). The largest absolute Gasteiger partial charge is 0.468 e. The summed E-state index contributed by atoms with van der Waals surface area (Å²) in [6.07, 6.45) is 0. The van der Waals surface area contributed by atoms with Gasteiger partial charge in [0.15, 0.2) is 0 Å². The van der Waals surface area contributed by atoms with Crippen molar-refractivity contribution in [2.75, 3.05) is 33.3 Å². The van der Waals surface area contributed by atoms with Gasteiger partial charge >= 0.3 is 5.97 Å². The second-order valence-electron chi connectivity index (χ2n) is 4.52. The number of nitrogens with zero attached hydrogens (tertiary/aromatic N) is 1. The van der Waals surface area contributed by atoms with Gasteiger partial charge in [-0.15, -0.1) is 0 Å². The Balaban J connectivity index is 2.75. The van der Waals surface area contributed by atoms with E-state index in [1.54, 1.807) is 13.8 Å². The minimum atomic E-state index is -3.64. The van der Waals surface area contributed by atoms with E-state index in [-0.39, 0.29) is 5.92 Å². The van der Waals surface area contributed by atoms with Crippen LogP contribution in [0.3, 0.4) is 0 Å². The number of ether oxygens (including phenoxy) is 1. The SMILES string of the molecule is COC(=O)[C@@H](NS(=O)(=O)N1CCNCC1)C(C)C. The number of hydrogen-bond acceptors (Lipinski definition) is 5. The second kappa shape index (κ2) is 6.46. The van der Waals surface area contributed by atoms with Crippen molar-refractivity contribution in [1.29, 1.82) is 0 Å². The maximum absolute atomic E-state index is 12.1. The number of carbonyl (C=O) groups is 1. The summed E-state index contributed by atoms with van der Waals surface area (Å²) in [5.41, 5.74) is 0. The Kier molecular flexibility index (Phi) is 5.51. The van der Waals surface area contributed by atoms with Crippen LogP contribution >= 0.6 is 0 Å². The highest BCUT2D eigenvalue weighted by molar-refractivity contribution is 7.87. The van der Waals surface area contributed by atoms with Gasteiger partial charge < -0.3 is 10.1 Å². The summed E-state index contributed by atoms with van der Waals surface area (Å²) in [4.78, 5) is 11.5. The fraction of sp³-hybridized carbons (Fsp3) is 0.900. The van der Waals surface area contributed by atoms with E-state index >= 15 is 0 Å². The Morgan fingerprint density at radius 1 is 1.33 bits per heavy atom. The molecule has 0 aromatic rings. The van der Waals surface area contributed by atoms with Crippen molar-refractivity contribution in [3.8, 4) is 0 Å². The monoisotopic (exact) mass is 279 g/mol. The lowest BCUT2D eigenvalue weighted by Crippen LogP contribution is -2.55. The Bertz CT molecular complexity index is 377. The third-order valence-corrected chi connectivity index (χ3v) is 4.41. The van der Waals surface area contributed by atoms with Gasteiger partial charge in [-0.1, -0.05) is 13.8 Å². The number of nitrogens with one attached hydrogen (secondary N) is 2. The first kappa shape index (κ1) is 15.4. The van der Waals surface area contributed by atoms with Crippen LogP contribution in [-0.2, 0) is 19.7 Å². The van der Waals surface area contributed by atoms with Gasteiger partial charge in [-0.3, -0.25) is 4.79 Å². The van der Waals surface area contributed by atoms with Crippen LogP contribution in [-0.4, -0.2) is 58.0 Å². The Morgan fingerprint density at radius 2 is 1.89 bits per heavy atom. The zero-order chi connectivity index (χ0) is 13.8. The maximum atomic E-state index is 12.1. The summed E-state index contributed by atoms with van der Waals surface area (Å²) in [5, 5.41) is 3.07. The van der Waals surface area contributed by atoms with E-state index in [1.807, 2.05) is 0 Å². The van der Waals surface area contributed by atoms with E-state index in [9.17, 15) is 13.2 Å². The summed E-state index contributed by atoms with van der Waals surface area (Å²) in [5.74, 6) is -0.737. The molecule has 1 aliphatic heterocycles. The fourth-order valence-corrected chi connectivity index (χ4v) is 3.20. The highest BCUT2D eigenvalue weighted by Gasteiger charge is 2.32. The Labute approximate surface area is 108 Å². The molecule has 1 saturated heterocycles. The molecule has 18 heavy (non-hydrogen) atoms. The molecule has 0 aliphatic carbocycles. The lowest BCUT2D eigenvalue weighted by atomic mass is 10.1. The Hall–Kier alpha value is -0.700. The van der Waals surface area contributed by atoms with E-state index < -0.39 is 22.2 Å². The van der Waals surface area contributed by atoms with Crippen LogP contribution in [0.5, 0.6) is 0 Å². The third-order valence-electron chi connectivity index (χ3n) is 2.81. The molecule has 0 aromatic carbocycles. The van der Waals surface area contributed by atoms with Crippen molar-refractivity contribution in [2.45, 2.75) is 19.9 Å². The molecule has 0 amide bonds. The van der Waals surface area contributed by atoms with Gasteiger partial charge in [0, 0.05) is 26.2 Å². The number of methoxy groups -OCH3 is 1. The van der Waals surface area contributed by atoms with Gasteiger partial charge in [-0.2, -0.15) is 17.4 Å². The van der Waals surface area contributed by atoms with E-state index in [0.717, 1.165) is 0 Å². The average Bonchev–Trinajstić information content (AvgIpc) is 2.36. The van der Waals surface area contributed by atoms with Crippen LogP contribution in [0, 0.1) is 5.92 Å². The lowest BCUT2D eigenvalue weighted by Gasteiger charge is -2.29. The first-order valence-electron chi connectivity index (χ1n) is 5.94. The van der Waals surface area contributed by atoms with Gasteiger partial charge in [0.2, 0.25) is 0 Å². The lowest BCUT2D eigenvalue weighted by molar-refractivity contribution is -0.143. The highest BCUT2D eigenvalue weighted by atomic mass is 32.2. The number of rotatable bonds is 5. The van der Waals surface area contributed by atoms with Crippen molar-refractivity contribution in [3.05, 3.63) is 0 Å². The predicted octanol–water partition coefficient (Wildman–Crippen LogP) is -1.08. The van der Waals surface area contributed by atoms with Crippen LogP contribution in [0.25, 0.3) is 0 Å². The van der Waals surface area contributed by atoms with Crippen molar-refractivity contribution < 1.29 is 17.9 Å². The molecule has 0 aromatic heterocycles. The smallest absolute Gasteiger partial charge is 0.324 e. The topological polar surface area (TPSA) is 87.7 Å². The molecule has 2 N–H and O–H groups in total. The van der Waals surface area contributed by atoms with Crippen molar-refractivity contribution in [3.63, 3.8) is 0 Å². The second-order valence-corrected chi connectivity index (χ2v) is 6.22. The molecule has 8 heteroatoms. The minimum Gasteiger partial charge on any atom is -0.468 e.